The zero-order chi connectivity index (χ0) is 19.7. The molecule has 2 amide bonds. The SMILES string of the molecule is Cc1c(C(C)NC(=O)NCc2cccc3cccnc23)oc2ccc(F)cc12. The molecule has 28 heavy (non-hydrogen) atoms. The fraction of sp³-hybridized carbons (Fsp3) is 0.182. The molecule has 0 bridgehead atoms. The van der Waals surface area contributed by atoms with Gasteiger partial charge >= 0.3 is 6.03 Å². The van der Waals surface area contributed by atoms with E-state index in [1.165, 1.54) is 12.1 Å². The number of para-hydroxylation sites is 1. The first-order valence-corrected chi connectivity index (χ1v) is 9.08. The number of pyridine rings is 1. The van der Waals surface area contributed by atoms with Crippen molar-refractivity contribution in [3.8, 4) is 0 Å². The molecule has 0 radical (unpaired) electrons. The highest BCUT2D eigenvalue weighted by Gasteiger charge is 2.19. The number of carbonyl (C=O) groups is 1. The van der Waals surface area contributed by atoms with E-state index in [1.807, 2.05) is 44.2 Å². The quantitative estimate of drug-likeness (QED) is 0.527. The van der Waals surface area contributed by atoms with Crippen molar-refractivity contribution >= 4 is 27.9 Å². The number of urea groups is 1. The molecule has 5 nitrogen and oxygen atoms in total. The predicted octanol–water partition coefficient (Wildman–Crippen LogP) is 4.99. The fourth-order valence-corrected chi connectivity index (χ4v) is 3.42. The van der Waals surface area contributed by atoms with Gasteiger partial charge in [-0.05, 0) is 43.7 Å². The molecule has 2 N–H and O–H groups in total. The van der Waals surface area contributed by atoms with E-state index >= 15 is 0 Å². The van der Waals surface area contributed by atoms with Gasteiger partial charge in [-0.25, -0.2) is 9.18 Å². The Morgan fingerprint density at radius 3 is 2.89 bits per heavy atom. The summed E-state index contributed by atoms with van der Waals surface area (Å²) >= 11 is 0. The van der Waals surface area contributed by atoms with Gasteiger partial charge < -0.3 is 15.1 Å². The Labute approximate surface area is 161 Å². The molecule has 0 fully saturated rings. The Morgan fingerprint density at radius 2 is 2.04 bits per heavy atom. The smallest absolute Gasteiger partial charge is 0.315 e. The summed E-state index contributed by atoms with van der Waals surface area (Å²) in [5.41, 5.74) is 3.23. The van der Waals surface area contributed by atoms with Gasteiger partial charge in [0, 0.05) is 29.1 Å². The van der Waals surface area contributed by atoms with Gasteiger partial charge in [0.05, 0.1) is 11.6 Å². The molecule has 0 aliphatic heterocycles. The van der Waals surface area contributed by atoms with Crippen molar-refractivity contribution in [3.63, 3.8) is 0 Å². The van der Waals surface area contributed by atoms with Crippen molar-refractivity contribution in [2.45, 2.75) is 26.4 Å². The van der Waals surface area contributed by atoms with Crippen molar-refractivity contribution < 1.29 is 13.6 Å². The van der Waals surface area contributed by atoms with Crippen LogP contribution in [0, 0.1) is 12.7 Å². The first kappa shape index (κ1) is 18.0. The van der Waals surface area contributed by atoms with Crippen LogP contribution in [0.2, 0.25) is 0 Å². The Morgan fingerprint density at radius 1 is 1.21 bits per heavy atom. The van der Waals surface area contributed by atoms with Crippen LogP contribution < -0.4 is 10.6 Å². The fourth-order valence-electron chi connectivity index (χ4n) is 3.42. The van der Waals surface area contributed by atoms with E-state index in [0.717, 1.165) is 22.0 Å². The van der Waals surface area contributed by atoms with Crippen molar-refractivity contribution in [2.75, 3.05) is 0 Å². The van der Waals surface area contributed by atoms with Gasteiger partial charge in [0.25, 0.3) is 0 Å². The lowest BCUT2D eigenvalue weighted by Crippen LogP contribution is -2.36. The van der Waals surface area contributed by atoms with Crippen molar-refractivity contribution in [2.24, 2.45) is 0 Å². The van der Waals surface area contributed by atoms with Gasteiger partial charge in [-0.1, -0.05) is 24.3 Å². The summed E-state index contributed by atoms with van der Waals surface area (Å²) in [5, 5.41) is 7.48. The van der Waals surface area contributed by atoms with Crippen molar-refractivity contribution in [1.29, 1.82) is 0 Å². The van der Waals surface area contributed by atoms with Crippen molar-refractivity contribution in [1.82, 2.24) is 15.6 Å². The molecule has 0 saturated carbocycles. The highest BCUT2D eigenvalue weighted by molar-refractivity contribution is 5.83. The highest BCUT2D eigenvalue weighted by atomic mass is 19.1. The second-order valence-electron chi connectivity index (χ2n) is 6.77. The van der Waals surface area contributed by atoms with E-state index in [9.17, 15) is 9.18 Å². The van der Waals surface area contributed by atoms with E-state index < -0.39 is 0 Å². The monoisotopic (exact) mass is 377 g/mol. The number of halogens is 1. The lowest BCUT2D eigenvalue weighted by molar-refractivity contribution is 0.236. The van der Waals surface area contributed by atoms with Crippen LogP contribution in [0.25, 0.3) is 21.9 Å². The standard InChI is InChI=1S/C22H20FN3O2/c1-13-18-11-17(23)8-9-19(18)28-21(13)14(2)26-22(27)25-12-16-6-3-5-15-7-4-10-24-20(15)16/h3-11,14H,12H2,1-2H3,(H2,25,26,27). The second-order valence-corrected chi connectivity index (χ2v) is 6.77. The minimum Gasteiger partial charge on any atom is -0.459 e. The van der Waals surface area contributed by atoms with E-state index in [1.54, 1.807) is 12.3 Å². The van der Waals surface area contributed by atoms with E-state index in [4.69, 9.17) is 4.42 Å². The molecule has 0 aliphatic rings. The first-order chi connectivity index (χ1) is 13.5. The van der Waals surface area contributed by atoms with Gasteiger partial charge in [-0.3, -0.25) is 4.98 Å². The molecule has 2 aromatic heterocycles. The molecule has 142 valence electrons. The van der Waals surface area contributed by atoms with Gasteiger partial charge in [0.1, 0.15) is 17.2 Å². The summed E-state index contributed by atoms with van der Waals surface area (Å²) in [4.78, 5) is 16.8. The number of amides is 2. The van der Waals surface area contributed by atoms with E-state index in [0.29, 0.717) is 23.3 Å². The molecule has 6 heteroatoms. The molecular weight excluding hydrogens is 357 g/mol. The molecule has 4 rings (SSSR count). The molecule has 4 aromatic rings. The maximum atomic E-state index is 13.5. The molecule has 0 spiro atoms. The molecule has 2 aromatic carbocycles. The van der Waals surface area contributed by atoms with Crippen LogP contribution >= 0.6 is 0 Å². The molecule has 0 saturated heterocycles. The summed E-state index contributed by atoms with van der Waals surface area (Å²) in [6, 6.07) is 13.5. The predicted molar refractivity (Wildman–Crippen MR) is 106 cm³/mol. The number of hydrogen-bond acceptors (Lipinski definition) is 3. The number of carbonyl (C=O) groups excluding carboxylic acids is 1. The zero-order valence-corrected chi connectivity index (χ0v) is 15.6. The van der Waals surface area contributed by atoms with Gasteiger partial charge in [-0.15, -0.1) is 0 Å². The van der Waals surface area contributed by atoms with Crippen LogP contribution in [-0.4, -0.2) is 11.0 Å². The Kier molecular flexibility index (Phi) is 4.69. The highest BCUT2D eigenvalue weighted by Crippen LogP contribution is 2.29. The van der Waals surface area contributed by atoms with E-state index in [-0.39, 0.29) is 17.9 Å². The van der Waals surface area contributed by atoms with Gasteiger partial charge in [0.15, 0.2) is 0 Å². The van der Waals surface area contributed by atoms with Crippen LogP contribution in [0.3, 0.4) is 0 Å². The third-order valence-corrected chi connectivity index (χ3v) is 4.83. The molecule has 1 atom stereocenters. The van der Waals surface area contributed by atoms with Gasteiger partial charge in [-0.2, -0.15) is 0 Å². The van der Waals surface area contributed by atoms with E-state index in [2.05, 4.69) is 15.6 Å². The van der Waals surface area contributed by atoms with Crippen LogP contribution in [0.4, 0.5) is 9.18 Å². The topological polar surface area (TPSA) is 67.2 Å². The minimum atomic E-state index is -0.360. The number of fused-ring (bicyclic) bond motifs is 2. The Bertz CT molecular complexity index is 1160. The maximum Gasteiger partial charge on any atom is 0.315 e. The number of hydrogen-bond donors (Lipinski definition) is 2. The molecule has 0 aliphatic carbocycles. The summed E-state index contributed by atoms with van der Waals surface area (Å²) in [7, 11) is 0. The van der Waals surface area contributed by atoms with Crippen LogP contribution in [0.1, 0.15) is 29.9 Å². The average molecular weight is 377 g/mol. The molecule has 2 heterocycles. The Balaban J connectivity index is 1.46. The third-order valence-electron chi connectivity index (χ3n) is 4.83. The second kappa shape index (κ2) is 7.31. The summed E-state index contributed by atoms with van der Waals surface area (Å²) in [6.07, 6.45) is 1.74. The number of aromatic nitrogens is 1. The van der Waals surface area contributed by atoms with Crippen molar-refractivity contribution in [3.05, 3.63) is 77.4 Å². The third kappa shape index (κ3) is 3.41. The lowest BCUT2D eigenvalue weighted by Gasteiger charge is -2.14. The summed E-state index contributed by atoms with van der Waals surface area (Å²) in [6.45, 7) is 4.05. The molecular formula is C22H20FN3O2. The number of aryl methyl sites for hydroxylation is 1. The number of nitrogens with one attached hydrogen (secondary N) is 2. The zero-order valence-electron chi connectivity index (χ0n) is 15.6. The normalized spacial score (nSPS) is 12.2. The number of rotatable bonds is 4. The molecule has 1 unspecified atom stereocenters. The van der Waals surface area contributed by atoms with Crippen LogP contribution in [0.15, 0.2) is 59.1 Å². The van der Waals surface area contributed by atoms with Crippen LogP contribution in [-0.2, 0) is 6.54 Å². The number of benzene rings is 2. The van der Waals surface area contributed by atoms with Crippen LogP contribution in [0.5, 0.6) is 0 Å². The maximum absolute atomic E-state index is 13.5. The number of nitrogens with zero attached hydrogens (tertiary/aromatic N) is 1. The summed E-state index contributed by atoms with van der Waals surface area (Å²) < 4.78 is 19.3. The van der Waals surface area contributed by atoms with Gasteiger partial charge in [0.2, 0.25) is 0 Å². The minimum absolute atomic E-state index is 0.313. The largest absolute Gasteiger partial charge is 0.459 e. The first-order valence-electron chi connectivity index (χ1n) is 9.08. The Hall–Kier alpha value is -3.41. The summed E-state index contributed by atoms with van der Waals surface area (Å²) in [5.74, 6) is 0.299. The number of furan rings is 1. The lowest BCUT2D eigenvalue weighted by atomic mass is 10.1. The average Bonchev–Trinajstić information content (AvgIpc) is 3.02.